The summed E-state index contributed by atoms with van der Waals surface area (Å²) < 4.78 is 5.81. The third-order valence-electron chi connectivity index (χ3n) is 1.94. The first-order valence-corrected chi connectivity index (χ1v) is 5.84. The number of esters is 1. The second-order valence-electron chi connectivity index (χ2n) is 3.08. The zero-order valence-corrected chi connectivity index (χ0v) is 10.7. The van der Waals surface area contributed by atoms with E-state index in [1.165, 1.54) is 0 Å². The first kappa shape index (κ1) is 12.3. The maximum absolute atomic E-state index is 11.1. The third-order valence-corrected chi connectivity index (χ3v) is 2.94. The van der Waals surface area contributed by atoms with Crippen LogP contribution in [0.15, 0.2) is 18.2 Å². The van der Waals surface area contributed by atoms with Gasteiger partial charge < -0.3 is 9.84 Å². The van der Waals surface area contributed by atoms with E-state index in [2.05, 4.69) is 22.6 Å². The molecule has 0 radical (unpaired) electrons. The number of rotatable bonds is 4. The first-order valence-electron chi connectivity index (χ1n) is 4.76. The van der Waals surface area contributed by atoms with E-state index in [9.17, 15) is 9.90 Å². The number of benzene rings is 1. The summed E-state index contributed by atoms with van der Waals surface area (Å²) in [6.07, 6.45) is 1.03. The van der Waals surface area contributed by atoms with Crippen molar-refractivity contribution in [1.29, 1.82) is 0 Å². The highest BCUT2D eigenvalue weighted by Crippen LogP contribution is 2.19. The molecule has 0 bridgehead atoms. The molecule has 0 saturated carbocycles. The smallest absolute Gasteiger partial charge is 0.306 e. The van der Waals surface area contributed by atoms with Crippen LogP contribution in [-0.2, 0) is 16.0 Å². The Balaban J connectivity index is 2.54. The monoisotopic (exact) mass is 320 g/mol. The second-order valence-corrected chi connectivity index (χ2v) is 4.24. The highest BCUT2D eigenvalue weighted by atomic mass is 127. The maximum Gasteiger partial charge on any atom is 0.306 e. The summed E-state index contributed by atoms with van der Waals surface area (Å²) in [7, 11) is 0. The topological polar surface area (TPSA) is 46.5 Å². The lowest BCUT2D eigenvalue weighted by atomic mass is 10.1. The Labute approximate surface area is 103 Å². The maximum atomic E-state index is 11.1. The van der Waals surface area contributed by atoms with E-state index >= 15 is 0 Å². The van der Waals surface area contributed by atoms with Gasteiger partial charge in [0, 0.05) is 9.99 Å². The molecular weight excluding hydrogens is 307 g/mol. The molecule has 0 unspecified atom stereocenters. The summed E-state index contributed by atoms with van der Waals surface area (Å²) >= 11 is 2.14. The molecule has 3 nitrogen and oxygen atoms in total. The van der Waals surface area contributed by atoms with Crippen molar-refractivity contribution in [2.75, 3.05) is 6.61 Å². The number of hydrogen-bond donors (Lipinski definition) is 1. The quantitative estimate of drug-likeness (QED) is 0.685. The number of hydrogen-bond acceptors (Lipinski definition) is 3. The van der Waals surface area contributed by atoms with E-state index in [1.807, 2.05) is 6.07 Å². The van der Waals surface area contributed by atoms with Crippen molar-refractivity contribution in [3.8, 4) is 5.75 Å². The van der Waals surface area contributed by atoms with Crippen LogP contribution in [0.5, 0.6) is 5.75 Å². The largest absolute Gasteiger partial charge is 0.508 e. The van der Waals surface area contributed by atoms with Crippen LogP contribution in [0.25, 0.3) is 0 Å². The minimum Gasteiger partial charge on any atom is -0.508 e. The number of ether oxygens (including phenoxy) is 1. The third kappa shape index (κ3) is 4.07. The number of phenolic OH excluding ortho intramolecular Hbond substituents is 1. The van der Waals surface area contributed by atoms with Gasteiger partial charge in [0.1, 0.15) is 5.75 Å². The van der Waals surface area contributed by atoms with E-state index in [4.69, 9.17) is 4.74 Å². The molecule has 0 heterocycles. The van der Waals surface area contributed by atoms with Gasteiger partial charge in [-0.3, -0.25) is 4.79 Å². The Bertz CT molecular complexity index is 350. The Morgan fingerprint density at radius 1 is 1.53 bits per heavy atom. The molecule has 0 aliphatic heterocycles. The number of halogens is 1. The van der Waals surface area contributed by atoms with Crippen molar-refractivity contribution in [3.05, 3.63) is 27.3 Å². The van der Waals surface area contributed by atoms with Crippen LogP contribution in [0, 0.1) is 3.57 Å². The summed E-state index contributed by atoms with van der Waals surface area (Å²) in [6, 6.07) is 5.14. The molecule has 0 aliphatic carbocycles. The van der Waals surface area contributed by atoms with Crippen molar-refractivity contribution in [2.45, 2.75) is 19.8 Å². The van der Waals surface area contributed by atoms with Gasteiger partial charge >= 0.3 is 5.97 Å². The molecule has 0 saturated heterocycles. The molecule has 0 spiro atoms. The molecule has 1 N–H and O–H groups in total. The average molecular weight is 320 g/mol. The molecule has 0 amide bonds. The fourth-order valence-corrected chi connectivity index (χ4v) is 1.98. The molecule has 0 atom stereocenters. The first-order chi connectivity index (χ1) is 7.13. The predicted molar refractivity (Wildman–Crippen MR) is 65.8 cm³/mol. The van der Waals surface area contributed by atoms with Gasteiger partial charge in [-0.2, -0.15) is 0 Å². The molecule has 15 heavy (non-hydrogen) atoms. The second kappa shape index (κ2) is 5.95. The van der Waals surface area contributed by atoms with Gasteiger partial charge in [0.15, 0.2) is 0 Å². The van der Waals surface area contributed by atoms with E-state index in [1.54, 1.807) is 19.1 Å². The highest BCUT2D eigenvalue weighted by Gasteiger charge is 2.05. The Morgan fingerprint density at radius 3 is 2.87 bits per heavy atom. The summed E-state index contributed by atoms with van der Waals surface area (Å²) in [5.74, 6) is 0.0701. The van der Waals surface area contributed by atoms with Crippen LogP contribution in [-0.4, -0.2) is 17.7 Å². The molecule has 1 rings (SSSR count). The Hall–Kier alpha value is -0.780. The van der Waals surface area contributed by atoms with Crippen LogP contribution in [0.4, 0.5) is 0 Å². The average Bonchev–Trinajstić information content (AvgIpc) is 2.17. The van der Waals surface area contributed by atoms with Crippen LogP contribution in [0.3, 0.4) is 0 Å². The number of carbonyl (C=O) groups is 1. The molecular formula is C11H13IO3. The molecule has 0 fully saturated rings. The number of aryl methyl sites for hydroxylation is 1. The standard InChI is InChI=1S/C11H13IO3/c1-2-15-11(14)6-4-8-3-5-9(13)7-10(8)12/h3,5,7,13H,2,4,6H2,1H3. The lowest BCUT2D eigenvalue weighted by Crippen LogP contribution is -2.05. The van der Waals surface area contributed by atoms with Gasteiger partial charge in [-0.05, 0) is 53.6 Å². The summed E-state index contributed by atoms with van der Waals surface area (Å²) in [5, 5.41) is 9.20. The predicted octanol–water partition coefficient (Wildman–Crippen LogP) is 2.49. The van der Waals surface area contributed by atoms with Crippen molar-refractivity contribution in [2.24, 2.45) is 0 Å². The zero-order chi connectivity index (χ0) is 11.3. The van der Waals surface area contributed by atoms with E-state index in [0.717, 1.165) is 9.13 Å². The molecule has 1 aromatic rings. The van der Waals surface area contributed by atoms with Gasteiger partial charge in [-0.15, -0.1) is 0 Å². The van der Waals surface area contributed by atoms with E-state index < -0.39 is 0 Å². The van der Waals surface area contributed by atoms with E-state index in [0.29, 0.717) is 19.4 Å². The van der Waals surface area contributed by atoms with Crippen LogP contribution >= 0.6 is 22.6 Å². The minimum atomic E-state index is -0.179. The summed E-state index contributed by atoms with van der Waals surface area (Å²) in [5.41, 5.74) is 1.06. The molecule has 0 aromatic heterocycles. The van der Waals surface area contributed by atoms with Gasteiger partial charge in [0.25, 0.3) is 0 Å². The lowest BCUT2D eigenvalue weighted by molar-refractivity contribution is -0.143. The summed E-state index contributed by atoms with van der Waals surface area (Å²) in [4.78, 5) is 11.1. The van der Waals surface area contributed by atoms with Gasteiger partial charge in [-0.1, -0.05) is 6.07 Å². The Kier molecular flexibility index (Phi) is 4.87. The SMILES string of the molecule is CCOC(=O)CCc1ccc(O)cc1I. The Morgan fingerprint density at radius 2 is 2.27 bits per heavy atom. The zero-order valence-electron chi connectivity index (χ0n) is 8.50. The molecule has 1 aromatic carbocycles. The van der Waals surface area contributed by atoms with Gasteiger partial charge in [0.05, 0.1) is 6.61 Å². The fourth-order valence-electron chi connectivity index (χ4n) is 1.21. The molecule has 4 heteroatoms. The van der Waals surface area contributed by atoms with Gasteiger partial charge in [0.2, 0.25) is 0 Å². The molecule has 0 aliphatic rings. The molecule has 82 valence electrons. The number of aromatic hydroxyl groups is 1. The fraction of sp³-hybridized carbons (Fsp3) is 0.364. The number of phenols is 1. The number of carbonyl (C=O) groups excluding carboxylic acids is 1. The van der Waals surface area contributed by atoms with Crippen LogP contribution in [0.1, 0.15) is 18.9 Å². The van der Waals surface area contributed by atoms with Crippen LogP contribution in [0.2, 0.25) is 0 Å². The van der Waals surface area contributed by atoms with Crippen molar-refractivity contribution in [1.82, 2.24) is 0 Å². The van der Waals surface area contributed by atoms with Gasteiger partial charge in [-0.25, -0.2) is 0 Å². The highest BCUT2D eigenvalue weighted by molar-refractivity contribution is 14.1. The van der Waals surface area contributed by atoms with Crippen molar-refractivity contribution < 1.29 is 14.6 Å². The summed E-state index contributed by atoms with van der Waals surface area (Å²) in [6.45, 7) is 2.22. The van der Waals surface area contributed by atoms with E-state index in [-0.39, 0.29) is 11.7 Å². The minimum absolute atomic E-state index is 0.179. The normalized spacial score (nSPS) is 10.0. The van der Waals surface area contributed by atoms with Crippen molar-refractivity contribution in [3.63, 3.8) is 0 Å². The lowest BCUT2D eigenvalue weighted by Gasteiger charge is -2.04. The van der Waals surface area contributed by atoms with Crippen molar-refractivity contribution >= 4 is 28.6 Å². The van der Waals surface area contributed by atoms with Crippen LogP contribution < -0.4 is 0 Å².